The standard InChI is InChI=1S/C21H23N7O2/c1-3-15-5-4-6-16(9-15)12-29-20-10-19(27-28-20)25-18-7-8-23-21(26-18)24-14(2)17-11-22-13-30-17/h4-11,13-14H,3,12H2,1-2H3,(H3,23,24,25,26,27,28). The van der Waals surface area contributed by atoms with Crippen molar-refractivity contribution in [3.8, 4) is 5.88 Å². The number of aromatic nitrogens is 5. The fourth-order valence-corrected chi connectivity index (χ4v) is 2.88. The van der Waals surface area contributed by atoms with Crippen LogP contribution in [-0.2, 0) is 13.0 Å². The number of H-pyrrole nitrogens is 1. The molecule has 0 radical (unpaired) electrons. The van der Waals surface area contributed by atoms with E-state index < -0.39 is 0 Å². The average molecular weight is 405 g/mol. The minimum atomic E-state index is -0.110. The van der Waals surface area contributed by atoms with Crippen molar-refractivity contribution in [3.63, 3.8) is 0 Å². The summed E-state index contributed by atoms with van der Waals surface area (Å²) in [4.78, 5) is 12.6. The Hall–Kier alpha value is -3.88. The molecule has 1 aromatic carbocycles. The van der Waals surface area contributed by atoms with Crippen molar-refractivity contribution in [2.45, 2.75) is 32.9 Å². The van der Waals surface area contributed by atoms with Crippen molar-refractivity contribution in [3.05, 3.63) is 72.1 Å². The monoisotopic (exact) mass is 405 g/mol. The average Bonchev–Trinajstić information content (AvgIpc) is 3.45. The molecule has 9 nitrogen and oxygen atoms in total. The van der Waals surface area contributed by atoms with Gasteiger partial charge in [-0.2, -0.15) is 4.98 Å². The van der Waals surface area contributed by atoms with Crippen LogP contribution < -0.4 is 15.4 Å². The minimum Gasteiger partial charge on any atom is -0.472 e. The third-order valence-electron chi connectivity index (χ3n) is 4.48. The van der Waals surface area contributed by atoms with Gasteiger partial charge in [-0.25, -0.2) is 9.97 Å². The maximum Gasteiger partial charge on any atom is 0.235 e. The van der Waals surface area contributed by atoms with Crippen molar-refractivity contribution in [1.29, 1.82) is 0 Å². The first-order chi connectivity index (χ1) is 14.7. The second kappa shape index (κ2) is 9.08. The molecule has 0 aliphatic heterocycles. The van der Waals surface area contributed by atoms with E-state index in [0.29, 0.717) is 35.8 Å². The van der Waals surface area contributed by atoms with Gasteiger partial charge in [0.2, 0.25) is 11.8 Å². The van der Waals surface area contributed by atoms with Gasteiger partial charge in [0.15, 0.2) is 6.39 Å². The fourth-order valence-electron chi connectivity index (χ4n) is 2.88. The lowest BCUT2D eigenvalue weighted by Crippen LogP contribution is -2.09. The molecule has 0 fully saturated rings. The van der Waals surface area contributed by atoms with Crippen LogP contribution in [0.5, 0.6) is 5.88 Å². The van der Waals surface area contributed by atoms with E-state index in [1.165, 1.54) is 12.0 Å². The lowest BCUT2D eigenvalue weighted by atomic mass is 10.1. The molecule has 0 bridgehead atoms. The largest absolute Gasteiger partial charge is 0.472 e. The second-order valence-electron chi connectivity index (χ2n) is 6.74. The first-order valence-electron chi connectivity index (χ1n) is 9.70. The summed E-state index contributed by atoms with van der Waals surface area (Å²) in [5.41, 5.74) is 2.39. The predicted molar refractivity (Wildman–Crippen MR) is 113 cm³/mol. The van der Waals surface area contributed by atoms with Gasteiger partial charge in [-0.15, -0.1) is 5.10 Å². The van der Waals surface area contributed by atoms with E-state index >= 15 is 0 Å². The lowest BCUT2D eigenvalue weighted by molar-refractivity contribution is 0.293. The lowest BCUT2D eigenvalue weighted by Gasteiger charge is -2.11. The van der Waals surface area contributed by atoms with Crippen molar-refractivity contribution in [2.75, 3.05) is 10.6 Å². The van der Waals surface area contributed by atoms with E-state index in [1.54, 1.807) is 24.5 Å². The number of nitrogens with zero attached hydrogens (tertiary/aromatic N) is 4. The Labute approximate surface area is 173 Å². The highest BCUT2D eigenvalue weighted by Gasteiger charge is 2.11. The Morgan fingerprint density at radius 1 is 1.20 bits per heavy atom. The Balaban J connectivity index is 1.35. The Kier molecular flexibility index (Phi) is 5.88. The van der Waals surface area contributed by atoms with Gasteiger partial charge in [0, 0.05) is 12.3 Å². The van der Waals surface area contributed by atoms with Crippen LogP contribution in [0.2, 0.25) is 0 Å². The van der Waals surface area contributed by atoms with Gasteiger partial charge in [-0.1, -0.05) is 31.2 Å². The van der Waals surface area contributed by atoms with Crippen LogP contribution in [0.3, 0.4) is 0 Å². The summed E-state index contributed by atoms with van der Waals surface area (Å²) < 4.78 is 11.1. The summed E-state index contributed by atoms with van der Waals surface area (Å²) in [6, 6.07) is 11.8. The van der Waals surface area contributed by atoms with Crippen molar-refractivity contribution in [2.24, 2.45) is 0 Å². The summed E-state index contributed by atoms with van der Waals surface area (Å²) >= 11 is 0. The molecular weight excluding hydrogens is 382 g/mol. The maximum atomic E-state index is 5.78. The topological polar surface area (TPSA) is 114 Å². The van der Waals surface area contributed by atoms with Crippen LogP contribution in [-0.4, -0.2) is 25.1 Å². The SMILES string of the molecule is CCc1cccc(COc2cc(Nc3ccnc(NC(C)c4cnco4)n3)[nH]n2)c1. The summed E-state index contributed by atoms with van der Waals surface area (Å²) in [7, 11) is 0. The zero-order chi connectivity index (χ0) is 20.8. The third-order valence-corrected chi connectivity index (χ3v) is 4.48. The van der Waals surface area contributed by atoms with Gasteiger partial charge in [0.25, 0.3) is 0 Å². The molecule has 3 aromatic heterocycles. The molecule has 1 unspecified atom stereocenters. The summed E-state index contributed by atoms with van der Waals surface area (Å²) in [5.74, 6) is 2.96. The van der Waals surface area contributed by atoms with E-state index in [4.69, 9.17) is 9.15 Å². The molecule has 30 heavy (non-hydrogen) atoms. The van der Waals surface area contributed by atoms with Crippen molar-refractivity contribution < 1.29 is 9.15 Å². The quantitative estimate of drug-likeness (QED) is 0.379. The molecule has 0 aliphatic rings. The zero-order valence-electron chi connectivity index (χ0n) is 16.8. The number of oxazole rings is 1. The molecule has 0 spiro atoms. The predicted octanol–water partition coefficient (Wildman–Crippen LogP) is 4.25. The van der Waals surface area contributed by atoms with Crippen LogP contribution in [0.4, 0.5) is 17.6 Å². The van der Waals surface area contributed by atoms with Gasteiger partial charge in [0.1, 0.15) is 24.0 Å². The molecule has 154 valence electrons. The molecule has 4 rings (SSSR count). The highest BCUT2D eigenvalue weighted by molar-refractivity contribution is 5.53. The van der Waals surface area contributed by atoms with Crippen LogP contribution >= 0.6 is 0 Å². The van der Waals surface area contributed by atoms with Crippen LogP contribution in [0.25, 0.3) is 0 Å². The van der Waals surface area contributed by atoms with Crippen LogP contribution in [0, 0.1) is 0 Å². The van der Waals surface area contributed by atoms with E-state index in [-0.39, 0.29) is 6.04 Å². The normalized spacial score (nSPS) is 11.8. The van der Waals surface area contributed by atoms with E-state index in [2.05, 4.69) is 54.8 Å². The first kappa shape index (κ1) is 19.4. The summed E-state index contributed by atoms with van der Waals surface area (Å²) in [6.45, 7) is 4.53. The first-order valence-corrected chi connectivity index (χ1v) is 9.70. The molecular formula is C21H23N7O2. The third kappa shape index (κ3) is 4.93. The molecule has 3 heterocycles. The number of rotatable bonds is 9. The number of hydrogen-bond acceptors (Lipinski definition) is 8. The van der Waals surface area contributed by atoms with Crippen molar-refractivity contribution in [1.82, 2.24) is 25.1 Å². The Bertz CT molecular complexity index is 1080. The number of nitrogens with one attached hydrogen (secondary N) is 3. The number of anilines is 3. The molecule has 9 heteroatoms. The highest BCUT2D eigenvalue weighted by atomic mass is 16.5. The van der Waals surface area contributed by atoms with Gasteiger partial charge < -0.3 is 19.8 Å². The number of hydrogen-bond donors (Lipinski definition) is 3. The molecule has 0 amide bonds. The number of benzene rings is 1. The number of aryl methyl sites for hydroxylation is 1. The zero-order valence-corrected chi connectivity index (χ0v) is 16.8. The Morgan fingerprint density at radius 3 is 2.93 bits per heavy atom. The van der Waals surface area contributed by atoms with Crippen LogP contribution in [0.1, 0.15) is 36.8 Å². The van der Waals surface area contributed by atoms with E-state index in [1.807, 2.05) is 19.1 Å². The van der Waals surface area contributed by atoms with Gasteiger partial charge in [-0.3, -0.25) is 5.10 Å². The second-order valence-corrected chi connectivity index (χ2v) is 6.74. The highest BCUT2D eigenvalue weighted by Crippen LogP contribution is 2.20. The number of aromatic amines is 1. The molecule has 1 atom stereocenters. The van der Waals surface area contributed by atoms with Gasteiger partial charge in [-0.05, 0) is 30.5 Å². The van der Waals surface area contributed by atoms with E-state index in [0.717, 1.165) is 12.0 Å². The smallest absolute Gasteiger partial charge is 0.235 e. The molecule has 4 aromatic rings. The molecule has 0 saturated carbocycles. The summed E-state index contributed by atoms with van der Waals surface area (Å²) in [5, 5.41) is 13.4. The van der Waals surface area contributed by atoms with Crippen molar-refractivity contribution >= 4 is 17.6 Å². The van der Waals surface area contributed by atoms with E-state index in [9.17, 15) is 0 Å². The van der Waals surface area contributed by atoms with Crippen LogP contribution in [0.15, 0.2) is 59.6 Å². The molecule has 0 saturated heterocycles. The van der Waals surface area contributed by atoms with Gasteiger partial charge >= 0.3 is 0 Å². The summed E-state index contributed by atoms with van der Waals surface area (Å²) in [6.07, 6.45) is 5.71. The van der Waals surface area contributed by atoms with Gasteiger partial charge in [0.05, 0.1) is 12.2 Å². The minimum absolute atomic E-state index is 0.110. The molecule has 3 N–H and O–H groups in total. The Morgan fingerprint density at radius 2 is 2.10 bits per heavy atom. The maximum absolute atomic E-state index is 5.78. The molecule has 0 aliphatic carbocycles. The number of ether oxygens (including phenoxy) is 1. The fraction of sp³-hybridized carbons (Fsp3) is 0.238.